The number of allylic oxidation sites excluding steroid dienone is 4. The van der Waals surface area contributed by atoms with Crippen LogP contribution in [0.2, 0.25) is 0 Å². The van der Waals surface area contributed by atoms with Gasteiger partial charge in [0.25, 0.3) is 0 Å². The number of benzene rings is 1. The van der Waals surface area contributed by atoms with Crippen LogP contribution in [0.1, 0.15) is 72.3 Å². The molecule has 0 unspecified atom stereocenters. The number of nitrogens with one attached hydrogen (secondary N) is 1. The van der Waals surface area contributed by atoms with Crippen molar-refractivity contribution in [1.82, 2.24) is 5.32 Å². The van der Waals surface area contributed by atoms with Crippen LogP contribution in [0.4, 0.5) is 4.79 Å². The third kappa shape index (κ3) is 9.86. The summed E-state index contributed by atoms with van der Waals surface area (Å²) in [5, 5.41) is 13.9. The molecule has 0 saturated heterocycles. The zero-order valence-electron chi connectivity index (χ0n) is 20.4. The minimum Gasteiger partial charge on any atom is -0.442 e. The van der Waals surface area contributed by atoms with Gasteiger partial charge in [-0.1, -0.05) is 73.6 Å². The highest BCUT2D eigenvalue weighted by Crippen LogP contribution is 2.26. The van der Waals surface area contributed by atoms with Crippen LogP contribution < -0.4 is 5.32 Å². The largest absolute Gasteiger partial charge is 0.442 e. The Morgan fingerprint density at radius 2 is 1.91 bits per heavy atom. The number of carbonyl (C=O) groups excluding carboxylic acids is 1. The van der Waals surface area contributed by atoms with Gasteiger partial charge in [0.15, 0.2) is 0 Å². The lowest BCUT2D eigenvalue weighted by Gasteiger charge is -2.26. The summed E-state index contributed by atoms with van der Waals surface area (Å²) in [6, 6.07) is 9.75. The molecule has 1 aromatic carbocycles. The monoisotopic (exact) mass is 439 g/mol. The van der Waals surface area contributed by atoms with E-state index in [1.165, 1.54) is 5.57 Å². The molecule has 0 radical (unpaired) electrons. The highest BCUT2D eigenvalue weighted by Gasteiger charge is 2.25. The van der Waals surface area contributed by atoms with Crippen LogP contribution in [0.25, 0.3) is 0 Å². The first-order valence-electron chi connectivity index (χ1n) is 11.9. The minimum absolute atomic E-state index is 0.319. The average Bonchev–Trinajstić information content (AvgIpc) is 2.71. The molecule has 4 heteroatoms. The van der Waals surface area contributed by atoms with Crippen LogP contribution >= 0.6 is 0 Å². The van der Waals surface area contributed by atoms with Crippen LogP contribution in [0, 0.1) is 11.8 Å². The van der Waals surface area contributed by atoms with Gasteiger partial charge in [-0.3, -0.25) is 0 Å². The minimum atomic E-state index is -1.07. The molecule has 0 bridgehead atoms. The predicted molar refractivity (Wildman–Crippen MR) is 132 cm³/mol. The maximum Gasteiger partial charge on any atom is 0.407 e. The molecule has 176 valence electrons. The molecule has 1 aliphatic rings. The predicted octanol–water partition coefficient (Wildman–Crippen LogP) is 6.72. The summed E-state index contributed by atoms with van der Waals surface area (Å²) >= 11 is 0. The van der Waals surface area contributed by atoms with E-state index in [1.54, 1.807) is 6.92 Å². The number of alkyl carbamates (subject to hydrolysis) is 1. The smallest absolute Gasteiger partial charge is 0.407 e. The van der Waals surface area contributed by atoms with E-state index in [1.807, 2.05) is 42.5 Å². The molecule has 4 nitrogen and oxygen atoms in total. The van der Waals surface area contributed by atoms with E-state index in [9.17, 15) is 9.90 Å². The molecule has 1 aliphatic carbocycles. The number of hydrogen-bond acceptors (Lipinski definition) is 3. The van der Waals surface area contributed by atoms with Crippen molar-refractivity contribution in [1.29, 1.82) is 0 Å². The summed E-state index contributed by atoms with van der Waals surface area (Å²) in [6.07, 6.45) is 11.7. The number of rotatable bonds is 4. The van der Waals surface area contributed by atoms with Gasteiger partial charge >= 0.3 is 6.09 Å². The number of ether oxygens (including phenoxy) is 1. The van der Waals surface area contributed by atoms with Gasteiger partial charge in [-0.25, -0.2) is 4.79 Å². The lowest BCUT2D eigenvalue weighted by Crippen LogP contribution is -2.33. The number of hydrogen-bond donors (Lipinski definition) is 2. The number of aliphatic hydroxyl groups is 1. The van der Waals surface area contributed by atoms with Gasteiger partial charge < -0.3 is 15.2 Å². The topological polar surface area (TPSA) is 58.6 Å². The van der Waals surface area contributed by atoms with Crippen molar-refractivity contribution in [2.24, 2.45) is 11.8 Å². The zero-order chi connectivity index (χ0) is 23.6. The molecule has 0 aromatic heterocycles. The van der Waals surface area contributed by atoms with Crippen LogP contribution in [0.3, 0.4) is 0 Å². The molecule has 1 aromatic rings. The fourth-order valence-electron chi connectivity index (χ4n) is 3.99. The van der Waals surface area contributed by atoms with Crippen molar-refractivity contribution >= 4 is 6.09 Å². The molecule has 2 N–H and O–H groups in total. The number of carbonyl (C=O) groups is 1. The van der Waals surface area contributed by atoms with Crippen molar-refractivity contribution in [2.75, 3.05) is 0 Å². The molecule has 0 fully saturated rings. The van der Waals surface area contributed by atoms with Crippen LogP contribution in [0.15, 0.2) is 65.8 Å². The first kappa shape index (κ1) is 25.9. The number of amides is 1. The molecular formula is C28H41NO3. The van der Waals surface area contributed by atoms with Crippen molar-refractivity contribution < 1.29 is 14.6 Å². The highest BCUT2D eigenvalue weighted by molar-refractivity contribution is 5.67. The fourth-order valence-corrected chi connectivity index (χ4v) is 3.99. The summed E-state index contributed by atoms with van der Waals surface area (Å²) in [5.74, 6) is 0.902. The van der Waals surface area contributed by atoms with Crippen LogP contribution in [-0.2, 0) is 11.3 Å². The maximum absolute atomic E-state index is 12.5. The lowest BCUT2D eigenvalue weighted by molar-refractivity contribution is 0.0426. The Bertz CT molecular complexity index is 805. The Morgan fingerprint density at radius 1 is 1.19 bits per heavy atom. The quantitative estimate of drug-likeness (QED) is 0.512. The summed E-state index contributed by atoms with van der Waals surface area (Å²) in [4.78, 5) is 12.5. The van der Waals surface area contributed by atoms with E-state index in [2.05, 4.69) is 45.2 Å². The molecule has 1 amide bonds. The maximum atomic E-state index is 12.5. The molecule has 0 aliphatic heterocycles. The Kier molecular flexibility index (Phi) is 10.2. The van der Waals surface area contributed by atoms with Gasteiger partial charge in [-0.05, 0) is 69.9 Å². The second-order valence-electron chi connectivity index (χ2n) is 9.75. The van der Waals surface area contributed by atoms with Gasteiger partial charge in [0.2, 0.25) is 0 Å². The van der Waals surface area contributed by atoms with Crippen molar-refractivity contribution in [2.45, 2.75) is 85.0 Å². The molecule has 0 heterocycles. The van der Waals surface area contributed by atoms with Gasteiger partial charge in [0, 0.05) is 13.0 Å². The first-order chi connectivity index (χ1) is 15.1. The molecule has 2 rings (SSSR count). The van der Waals surface area contributed by atoms with Crippen molar-refractivity contribution in [3.05, 3.63) is 71.3 Å². The van der Waals surface area contributed by atoms with Crippen LogP contribution in [-0.4, -0.2) is 22.9 Å². The fraction of sp³-hybridized carbons (Fsp3) is 0.536. The Balaban J connectivity index is 2.15. The van der Waals surface area contributed by atoms with Gasteiger partial charge in [-0.2, -0.15) is 0 Å². The lowest BCUT2D eigenvalue weighted by atomic mass is 9.86. The molecule has 0 saturated carbocycles. The average molecular weight is 440 g/mol. The first-order valence-corrected chi connectivity index (χ1v) is 11.9. The van der Waals surface area contributed by atoms with Crippen LogP contribution in [0.5, 0.6) is 0 Å². The van der Waals surface area contributed by atoms with Crippen molar-refractivity contribution in [3.63, 3.8) is 0 Å². The Labute approximate surface area is 194 Å². The third-order valence-corrected chi connectivity index (χ3v) is 6.09. The SMILES string of the molecule is C/C1=C\[C@H](OC(=O)NCc2ccccc2)C[C@](C)(O)/C=C/[C@H](C(C)C)CC/C(C)=C/CC1. The standard InChI is InChI=1S/C28H41NO3/c1-21(2)25-15-14-22(3)10-9-11-23(4)18-26(19-28(5,31)17-16-25)32-27(30)29-20-24-12-7-6-8-13-24/h6-8,10,12-13,16-18,21,25-26,31H,9,11,14-15,19-20H2,1-5H3,(H,29,30)/b17-16+,22-10+,23-18+/t25-,26+,28-/m1/s1. The second-order valence-corrected chi connectivity index (χ2v) is 9.75. The Morgan fingerprint density at radius 3 is 2.59 bits per heavy atom. The van der Waals surface area contributed by atoms with Gasteiger partial charge in [0.05, 0.1) is 5.60 Å². The van der Waals surface area contributed by atoms with E-state index in [0.717, 1.165) is 36.8 Å². The molecular weight excluding hydrogens is 398 g/mol. The van der Waals surface area contributed by atoms with E-state index in [4.69, 9.17) is 4.74 Å². The van der Waals surface area contributed by atoms with Crippen molar-refractivity contribution in [3.8, 4) is 0 Å². The van der Waals surface area contributed by atoms with E-state index >= 15 is 0 Å². The van der Waals surface area contributed by atoms with E-state index < -0.39 is 17.8 Å². The summed E-state index contributed by atoms with van der Waals surface area (Å²) in [6.45, 7) is 10.9. The summed E-state index contributed by atoms with van der Waals surface area (Å²) < 4.78 is 5.74. The van der Waals surface area contributed by atoms with Gasteiger partial charge in [0.1, 0.15) is 6.10 Å². The third-order valence-electron chi connectivity index (χ3n) is 6.09. The van der Waals surface area contributed by atoms with E-state index in [0.29, 0.717) is 24.8 Å². The second kappa shape index (κ2) is 12.6. The summed E-state index contributed by atoms with van der Waals surface area (Å²) in [7, 11) is 0. The molecule has 3 atom stereocenters. The van der Waals surface area contributed by atoms with Gasteiger partial charge in [-0.15, -0.1) is 0 Å². The Hall–Kier alpha value is -2.33. The van der Waals surface area contributed by atoms with E-state index in [-0.39, 0.29) is 0 Å². The highest BCUT2D eigenvalue weighted by atomic mass is 16.6. The summed E-state index contributed by atoms with van der Waals surface area (Å²) in [5.41, 5.74) is 2.52. The molecule has 0 spiro atoms. The molecule has 32 heavy (non-hydrogen) atoms. The normalized spacial score (nSPS) is 29.7. The zero-order valence-corrected chi connectivity index (χ0v) is 20.4.